The molecule has 1 aromatic heterocycles. The molecule has 0 radical (unpaired) electrons. The predicted molar refractivity (Wildman–Crippen MR) is 94.9 cm³/mol. The highest BCUT2D eigenvalue weighted by atomic mass is 35.5. The topological polar surface area (TPSA) is 81.2 Å². The standard InChI is InChI=1S/C18H11ClF3N3O3/c19-10-5-6-12(11(7-10)18(20,21)22)25-16(26)9-28-17(27)15-8-23-13-3-1-2-4-14(13)24-15/h1-8H,9H2,(H,25,26). The SMILES string of the molecule is O=C(COC(=O)c1cnc2ccccc2n1)Nc1ccc(Cl)cc1C(F)(F)F. The summed E-state index contributed by atoms with van der Waals surface area (Å²) in [5.41, 5.74) is -0.714. The van der Waals surface area contributed by atoms with E-state index in [9.17, 15) is 22.8 Å². The second kappa shape index (κ2) is 7.81. The van der Waals surface area contributed by atoms with E-state index in [2.05, 4.69) is 9.97 Å². The van der Waals surface area contributed by atoms with Crippen LogP contribution in [-0.4, -0.2) is 28.5 Å². The predicted octanol–water partition coefficient (Wildman–Crippen LogP) is 4.10. The summed E-state index contributed by atoms with van der Waals surface area (Å²) >= 11 is 5.58. The highest BCUT2D eigenvalue weighted by Crippen LogP contribution is 2.36. The molecule has 6 nitrogen and oxygen atoms in total. The van der Waals surface area contributed by atoms with Crippen LogP contribution in [0.15, 0.2) is 48.7 Å². The Balaban J connectivity index is 1.66. The summed E-state index contributed by atoms with van der Waals surface area (Å²) in [5, 5.41) is 1.92. The molecule has 28 heavy (non-hydrogen) atoms. The lowest BCUT2D eigenvalue weighted by atomic mass is 10.1. The van der Waals surface area contributed by atoms with Crippen molar-refractivity contribution in [2.24, 2.45) is 0 Å². The van der Waals surface area contributed by atoms with E-state index < -0.39 is 35.9 Å². The number of carbonyl (C=O) groups excluding carboxylic acids is 2. The number of amides is 1. The zero-order valence-electron chi connectivity index (χ0n) is 14.0. The third kappa shape index (κ3) is 4.55. The van der Waals surface area contributed by atoms with Gasteiger partial charge in [-0.15, -0.1) is 0 Å². The first-order chi connectivity index (χ1) is 13.2. The minimum Gasteiger partial charge on any atom is -0.451 e. The fourth-order valence-electron chi connectivity index (χ4n) is 2.31. The fraction of sp³-hybridized carbons (Fsp3) is 0.111. The van der Waals surface area contributed by atoms with Crippen LogP contribution < -0.4 is 5.32 Å². The normalized spacial score (nSPS) is 11.3. The van der Waals surface area contributed by atoms with E-state index in [0.29, 0.717) is 17.1 Å². The monoisotopic (exact) mass is 409 g/mol. The van der Waals surface area contributed by atoms with Crippen LogP contribution in [0.5, 0.6) is 0 Å². The second-order valence-electron chi connectivity index (χ2n) is 5.56. The third-order valence-corrected chi connectivity index (χ3v) is 3.79. The lowest BCUT2D eigenvalue weighted by Crippen LogP contribution is -2.23. The Morgan fingerprint density at radius 3 is 2.54 bits per heavy atom. The molecule has 0 saturated carbocycles. The van der Waals surface area contributed by atoms with Crippen molar-refractivity contribution < 1.29 is 27.5 Å². The lowest BCUT2D eigenvalue weighted by Gasteiger charge is -2.14. The number of anilines is 1. The number of benzene rings is 2. The Hall–Kier alpha value is -3.20. The Kier molecular flexibility index (Phi) is 5.46. The zero-order valence-corrected chi connectivity index (χ0v) is 14.7. The summed E-state index contributed by atoms with van der Waals surface area (Å²) in [4.78, 5) is 32.0. The van der Waals surface area contributed by atoms with Gasteiger partial charge in [0, 0.05) is 5.02 Å². The molecular weight excluding hydrogens is 399 g/mol. The van der Waals surface area contributed by atoms with Gasteiger partial charge in [-0.25, -0.2) is 9.78 Å². The molecule has 0 aliphatic heterocycles. The van der Waals surface area contributed by atoms with Gasteiger partial charge in [-0.1, -0.05) is 23.7 Å². The van der Waals surface area contributed by atoms with Crippen LogP contribution in [0, 0.1) is 0 Å². The van der Waals surface area contributed by atoms with Crippen molar-refractivity contribution in [3.63, 3.8) is 0 Å². The summed E-state index contributed by atoms with van der Waals surface area (Å²) < 4.78 is 43.9. The molecule has 0 bridgehead atoms. The third-order valence-electron chi connectivity index (χ3n) is 3.55. The molecule has 0 aliphatic rings. The molecule has 144 valence electrons. The smallest absolute Gasteiger partial charge is 0.418 e. The molecule has 1 N–H and O–H groups in total. The summed E-state index contributed by atoms with van der Waals surface area (Å²) in [6.07, 6.45) is -3.53. The first-order valence-electron chi connectivity index (χ1n) is 7.79. The van der Waals surface area contributed by atoms with Crippen LogP contribution in [0.3, 0.4) is 0 Å². The summed E-state index contributed by atoms with van der Waals surface area (Å²) in [6, 6.07) is 9.71. The van der Waals surface area contributed by atoms with Gasteiger partial charge in [0.05, 0.1) is 28.5 Å². The van der Waals surface area contributed by atoms with E-state index in [1.807, 2.05) is 5.32 Å². The maximum Gasteiger partial charge on any atom is 0.418 e. The molecule has 3 rings (SSSR count). The van der Waals surface area contributed by atoms with E-state index in [0.717, 1.165) is 6.07 Å². The van der Waals surface area contributed by atoms with Crippen LogP contribution >= 0.6 is 11.6 Å². The van der Waals surface area contributed by atoms with Crippen molar-refractivity contribution in [1.29, 1.82) is 0 Å². The summed E-state index contributed by atoms with van der Waals surface area (Å²) in [6.45, 7) is -0.798. The van der Waals surface area contributed by atoms with Crippen LogP contribution in [0.25, 0.3) is 11.0 Å². The first-order valence-corrected chi connectivity index (χ1v) is 8.17. The molecule has 0 fully saturated rings. The van der Waals surface area contributed by atoms with E-state index in [4.69, 9.17) is 16.3 Å². The Bertz CT molecular complexity index is 1060. The molecule has 0 saturated heterocycles. The van der Waals surface area contributed by atoms with Crippen molar-refractivity contribution in [3.05, 3.63) is 64.9 Å². The van der Waals surface area contributed by atoms with E-state index in [1.54, 1.807) is 24.3 Å². The largest absolute Gasteiger partial charge is 0.451 e. The second-order valence-corrected chi connectivity index (χ2v) is 5.99. The van der Waals surface area contributed by atoms with Crippen molar-refractivity contribution in [2.45, 2.75) is 6.18 Å². The number of alkyl halides is 3. The minimum absolute atomic E-state index is 0.131. The Morgan fingerprint density at radius 1 is 1.11 bits per heavy atom. The van der Waals surface area contributed by atoms with Crippen LogP contribution in [-0.2, 0) is 15.7 Å². The molecule has 0 unspecified atom stereocenters. The summed E-state index contributed by atoms with van der Waals surface area (Å²) in [5.74, 6) is -1.88. The number of esters is 1. The first kappa shape index (κ1) is 19.6. The van der Waals surface area contributed by atoms with Crippen molar-refractivity contribution in [1.82, 2.24) is 9.97 Å². The number of ether oxygens (including phenoxy) is 1. The fourth-order valence-corrected chi connectivity index (χ4v) is 2.48. The van der Waals surface area contributed by atoms with Gasteiger partial charge in [0.2, 0.25) is 0 Å². The van der Waals surface area contributed by atoms with Crippen molar-refractivity contribution in [3.8, 4) is 0 Å². The molecule has 0 atom stereocenters. The minimum atomic E-state index is -4.72. The van der Waals surface area contributed by atoms with Gasteiger partial charge in [0.1, 0.15) is 0 Å². The number of nitrogens with one attached hydrogen (secondary N) is 1. The van der Waals surface area contributed by atoms with E-state index in [-0.39, 0.29) is 10.7 Å². The van der Waals surface area contributed by atoms with Gasteiger partial charge >= 0.3 is 12.1 Å². The van der Waals surface area contributed by atoms with Gasteiger partial charge in [0.25, 0.3) is 5.91 Å². The van der Waals surface area contributed by atoms with Gasteiger partial charge < -0.3 is 10.1 Å². The number of hydrogen-bond donors (Lipinski definition) is 1. The van der Waals surface area contributed by atoms with Gasteiger partial charge in [-0.3, -0.25) is 9.78 Å². The molecule has 0 spiro atoms. The maximum atomic E-state index is 13.0. The van der Waals surface area contributed by atoms with Crippen molar-refractivity contribution >= 4 is 40.2 Å². The molecule has 0 aliphatic carbocycles. The van der Waals surface area contributed by atoms with E-state index in [1.165, 1.54) is 12.3 Å². The lowest BCUT2D eigenvalue weighted by molar-refractivity contribution is -0.137. The molecule has 3 aromatic rings. The van der Waals surface area contributed by atoms with Crippen LogP contribution in [0.1, 0.15) is 16.1 Å². The number of hydrogen-bond acceptors (Lipinski definition) is 5. The highest BCUT2D eigenvalue weighted by molar-refractivity contribution is 6.30. The Labute approximate surface area is 161 Å². The average molecular weight is 410 g/mol. The number of para-hydroxylation sites is 2. The number of fused-ring (bicyclic) bond motifs is 1. The van der Waals surface area contributed by atoms with E-state index >= 15 is 0 Å². The zero-order chi connectivity index (χ0) is 20.3. The Morgan fingerprint density at radius 2 is 1.82 bits per heavy atom. The highest BCUT2D eigenvalue weighted by Gasteiger charge is 2.34. The number of carbonyl (C=O) groups is 2. The molecule has 1 amide bonds. The molecular formula is C18H11ClF3N3O3. The van der Waals surface area contributed by atoms with Gasteiger partial charge in [0.15, 0.2) is 12.3 Å². The average Bonchev–Trinajstić information content (AvgIpc) is 2.66. The van der Waals surface area contributed by atoms with Crippen LogP contribution in [0.4, 0.5) is 18.9 Å². The van der Waals surface area contributed by atoms with Gasteiger partial charge in [-0.05, 0) is 30.3 Å². The number of nitrogens with zero attached hydrogens (tertiary/aromatic N) is 2. The summed E-state index contributed by atoms with van der Waals surface area (Å²) in [7, 11) is 0. The number of aromatic nitrogens is 2. The quantitative estimate of drug-likeness (QED) is 0.656. The molecule has 10 heteroatoms. The van der Waals surface area contributed by atoms with Crippen molar-refractivity contribution in [2.75, 3.05) is 11.9 Å². The number of halogens is 4. The maximum absolute atomic E-state index is 13.0. The molecule has 1 heterocycles. The molecule has 2 aromatic carbocycles. The number of rotatable bonds is 4. The van der Waals surface area contributed by atoms with Gasteiger partial charge in [-0.2, -0.15) is 13.2 Å². The van der Waals surface area contributed by atoms with Crippen LogP contribution in [0.2, 0.25) is 5.02 Å².